The van der Waals surface area contributed by atoms with Gasteiger partial charge in [0.15, 0.2) is 0 Å². The van der Waals surface area contributed by atoms with Crippen molar-refractivity contribution in [2.24, 2.45) is 0 Å². The van der Waals surface area contributed by atoms with Crippen LogP contribution in [0.15, 0.2) is 40.9 Å². The molecule has 0 saturated heterocycles. The molecule has 1 aliphatic carbocycles. The zero-order valence-corrected chi connectivity index (χ0v) is 11.2. The molecule has 0 bridgehead atoms. The summed E-state index contributed by atoms with van der Waals surface area (Å²) in [5.74, 6) is -0.844. The predicted octanol–water partition coefficient (Wildman–Crippen LogP) is 1.75. The molecule has 0 amide bonds. The quantitative estimate of drug-likeness (QED) is 0.548. The van der Waals surface area contributed by atoms with E-state index in [0.717, 1.165) is 21.1 Å². The first-order valence-electron chi connectivity index (χ1n) is 5.57. The van der Waals surface area contributed by atoms with E-state index in [1.807, 2.05) is 32.1 Å². The lowest BCUT2D eigenvalue weighted by Crippen LogP contribution is -2.23. The Balaban J connectivity index is 2.38. The molecule has 0 aromatic heterocycles. The van der Waals surface area contributed by atoms with Crippen molar-refractivity contribution >= 4 is 40.8 Å². The molecule has 18 heavy (non-hydrogen) atoms. The highest BCUT2D eigenvalue weighted by atomic mass is 79.9. The third kappa shape index (κ3) is 1.56. The molecule has 0 heterocycles. The van der Waals surface area contributed by atoms with Crippen LogP contribution in [-0.4, -0.2) is 19.4 Å². The number of fused-ring (bicyclic) bond motifs is 3. The van der Waals surface area contributed by atoms with Crippen molar-refractivity contribution in [3.8, 4) is 11.1 Å². The lowest BCUT2D eigenvalue weighted by atomic mass is 9.81. The van der Waals surface area contributed by atoms with Crippen LogP contribution in [0.5, 0.6) is 0 Å². The maximum absolute atomic E-state index is 12.1. The van der Waals surface area contributed by atoms with Crippen molar-refractivity contribution in [1.29, 1.82) is 0 Å². The Morgan fingerprint density at radius 1 is 0.778 bits per heavy atom. The van der Waals surface area contributed by atoms with Gasteiger partial charge in [0.25, 0.3) is 0 Å². The van der Waals surface area contributed by atoms with Crippen LogP contribution >= 0.6 is 15.9 Å². The second-order valence-electron chi connectivity index (χ2n) is 4.40. The average molecular weight is 299 g/mol. The van der Waals surface area contributed by atoms with Crippen LogP contribution in [0.3, 0.4) is 0 Å². The Morgan fingerprint density at radius 2 is 1.33 bits per heavy atom. The molecule has 1 aliphatic rings. The van der Waals surface area contributed by atoms with Crippen molar-refractivity contribution in [2.75, 3.05) is 0 Å². The smallest absolute Gasteiger partial charge is 0.234 e. The molecule has 2 nitrogen and oxygen atoms in total. The molecule has 0 radical (unpaired) electrons. The van der Waals surface area contributed by atoms with Gasteiger partial charge in [-0.1, -0.05) is 45.7 Å². The minimum atomic E-state index is -0.426. The first-order valence-corrected chi connectivity index (χ1v) is 6.37. The molecule has 0 unspecified atom stereocenters. The third-order valence-electron chi connectivity index (χ3n) is 3.14. The summed E-state index contributed by atoms with van der Waals surface area (Å²) in [6.07, 6.45) is 0. The summed E-state index contributed by atoms with van der Waals surface area (Å²) in [7, 11) is 1.91. The Morgan fingerprint density at radius 3 is 2.00 bits per heavy atom. The van der Waals surface area contributed by atoms with Crippen LogP contribution in [0.4, 0.5) is 0 Å². The molecule has 0 saturated carbocycles. The highest BCUT2D eigenvalue weighted by Gasteiger charge is 2.30. The van der Waals surface area contributed by atoms with Gasteiger partial charge in [0.2, 0.25) is 11.6 Å². The molecule has 0 fully saturated rings. The third-order valence-corrected chi connectivity index (χ3v) is 3.64. The zero-order valence-electron chi connectivity index (χ0n) is 9.66. The topological polar surface area (TPSA) is 34.1 Å². The van der Waals surface area contributed by atoms with Gasteiger partial charge in [-0.2, -0.15) is 0 Å². The highest BCUT2D eigenvalue weighted by Crippen LogP contribution is 2.34. The van der Waals surface area contributed by atoms with E-state index in [1.54, 1.807) is 12.1 Å². The van der Waals surface area contributed by atoms with Gasteiger partial charge in [-0.05, 0) is 23.3 Å². The number of hydrogen-bond acceptors (Lipinski definition) is 2. The summed E-state index contributed by atoms with van der Waals surface area (Å²) in [4.78, 5) is 24.2. The predicted molar refractivity (Wildman–Crippen MR) is 76.4 cm³/mol. The van der Waals surface area contributed by atoms with Crippen LogP contribution in [0.1, 0.15) is 20.7 Å². The molecule has 3 rings (SSSR count). The summed E-state index contributed by atoms with van der Waals surface area (Å²) < 4.78 is 0.804. The van der Waals surface area contributed by atoms with E-state index in [-0.39, 0.29) is 0 Å². The normalized spacial score (nSPS) is 13.2. The van der Waals surface area contributed by atoms with E-state index < -0.39 is 11.6 Å². The molecule has 0 atom stereocenters. The fourth-order valence-corrected chi connectivity index (χ4v) is 2.63. The maximum Gasteiger partial charge on any atom is 0.234 e. The Labute approximate surface area is 114 Å². The highest BCUT2D eigenvalue weighted by molar-refractivity contribution is 9.10. The van der Waals surface area contributed by atoms with E-state index >= 15 is 0 Å². The Bertz CT molecular complexity index is 645. The fourth-order valence-electron chi connectivity index (χ4n) is 2.26. The van der Waals surface area contributed by atoms with Gasteiger partial charge in [-0.3, -0.25) is 9.59 Å². The van der Waals surface area contributed by atoms with E-state index in [1.165, 1.54) is 0 Å². The standard InChI is InChI=1S/C14H8BBrO2/c15-7-1-3-9-10-4-2-8(16)6-12(10)14(18)13(17)11(9)5-7/h1-6H,15H2. The lowest BCUT2D eigenvalue weighted by Gasteiger charge is -2.18. The fraction of sp³-hybridized carbons (Fsp3) is 0. The summed E-state index contributed by atoms with van der Waals surface area (Å²) in [5.41, 5.74) is 3.64. The molecule has 2 aromatic carbocycles. The number of ketones is 2. The summed E-state index contributed by atoms with van der Waals surface area (Å²) in [6, 6.07) is 11.1. The molecule has 0 spiro atoms. The van der Waals surface area contributed by atoms with E-state index in [9.17, 15) is 9.59 Å². The number of halogens is 1. The maximum atomic E-state index is 12.1. The van der Waals surface area contributed by atoms with Crippen molar-refractivity contribution in [2.45, 2.75) is 0 Å². The second kappa shape index (κ2) is 3.92. The van der Waals surface area contributed by atoms with Crippen LogP contribution in [-0.2, 0) is 0 Å². The molecule has 0 aliphatic heterocycles. The van der Waals surface area contributed by atoms with Crippen LogP contribution in [0.25, 0.3) is 11.1 Å². The van der Waals surface area contributed by atoms with Crippen LogP contribution in [0, 0.1) is 0 Å². The molecular weight excluding hydrogens is 291 g/mol. The van der Waals surface area contributed by atoms with Crippen molar-refractivity contribution in [3.63, 3.8) is 0 Å². The van der Waals surface area contributed by atoms with Gasteiger partial charge in [-0.25, -0.2) is 0 Å². The SMILES string of the molecule is Bc1ccc2c(c1)C(=O)C(=O)c1cc(Br)ccc1-2. The van der Waals surface area contributed by atoms with Crippen LogP contribution < -0.4 is 5.46 Å². The van der Waals surface area contributed by atoms with Gasteiger partial charge in [0.05, 0.1) is 0 Å². The van der Waals surface area contributed by atoms with E-state index in [0.29, 0.717) is 11.1 Å². The number of hydrogen-bond donors (Lipinski definition) is 0. The Hall–Kier alpha value is -1.68. The van der Waals surface area contributed by atoms with Crippen molar-refractivity contribution < 1.29 is 9.59 Å². The molecule has 0 N–H and O–H groups in total. The molecule has 2 aromatic rings. The number of carbonyl (C=O) groups is 2. The summed E-state index contributed by atoms with van der Waals surface area (Å²) in [5, 5.41) is 0. The lowest BCUT2D eigenvalue weighted by molar-refractivity contribution is 0.0815. The zero-order chi connectivity index (χ0) is 12.9. The molecule has 4 heteroatoms. The van der Waals surface area contributed by atoms with Gasteiger partial charge < -0.3 is 0 Å². The summed E-state index contributed by atoms with van der Waals surface area (Å²) >= 11 is 3.33. The first-order chi connectivity index (χ1) is 8.58. The van der Waals surface area contributed by atoms with E-state index in [2.05, 4.69) is 15.9 Å². The van der Waals surface area contributed by atoms with Gasteiger partial charge in [0.1, 0.15) is 7.85 Å². The summed E-state index contributed by atoms with van der Waals surface area (Å²) in [6.45, 7) is 0. The Kier molecular flexibility index (Phi) is 2.49. The van der Waals surface area contributed by atoms with Gasteiger partial charge in [-0.15, -0.1) is 0 Å². The van der Waals surface area contributed by atoms with Crippen LogP contribution in [0.2, 0.25) is 0 Å². The van der Waals surface area contributed by atoms with E-state index in [4.69, 9.17) is 0 Å². The second-order valence-corrected chi connectivity index (χ2v) is 5.31. The monoisotopic (exact) mass is 298 g/mol. The average Bonchev–Trinajstić information content (AvgIpc) is 2.36. The molecular formula is C14H8BBrO2. The van der Waals surface area contributed by atoms with Crippen molar-refractivity contribution in [3.05, 3.63) is 52.0 Å². The molecule has 86 valence electrons. The largest absolute Gasteiger partial charge is 0.285 e. The van der Waals surface area contributed by atoms with Gasteiger partial charge in [0, 0.05) is 15.6 Å². The first kappa shape index (κ1) is 11.4. The number of rotatable bonds is 0. The van der Waals surface area contributed by atoms with Gasteiger partial charge >= 0.3 is 0 Å². The minimum Gasteiger partial charge on any atom is -0.285 e. The van der Waals surface area contributed by atoms with Crippen molar-refractivity contribution in [1.82, 2.24) is 0 Å². The number of carbonyl (C=O) groups excluding carboxylic acids is 2. The number of benzene rings is 2. The number of Topliss-reactive ketones (excluding diaryl/α,β-unsaturated/α-hetero) is 2. The minimum absolute atomic E-state index is 0.417.